The topological polar surface area (TPSA) is 26.0 Å². The van der Waals surface area contributed by atoms with E-state index < -0.39 is 12.2 Å². The highest BCUT2D eigenvalue weighted by molar-refractivity contribution is 7.98. The smallest absolute Gasteiger partial charge is 0.263 e. The summed E-state index contributed by atoms with van der Waals surface area (Å²) in [7, 11) is 0. The fourth-order valence-corrected chi connectivity index (χ4v) is 2.32. The van der Waals surface area contributed by atoms with Crippen molar-refractivity contribution in [1.29, 1.82) is 0 Å². The van der Waals surface area contributed by atoms with Crippen LogP contribution in [0.5, 0.6) is 0 Å². The zero-order valence-corrected chi connectivity index (χ0v) is 11.5. The molecule has 0 saturated carbocycles. The molecule has 0 aliphatic rings. The van der Waals surface area contributed by atoms with Crippen LogP contribution in [0.4, 0.5) is 13.2 Å². The monoisotopic (exact) mass is 277 g/mol. The molecule has 1 aromatic carbocycles. The van der Waals surface area contributed by atoms with Crippen LogP contribution in [0, 0.1) is 5.82 Å². The molecule has 1 atom stereocenters. The predicted octanol–water partition coefficient (Wildman–Crippen LogP) is 4.64. The summed E-state index contributed by atoms with van der Waals surface area (Å²) < 4.78 is 38.4. The quantitative estimate of drug-likeness (QED) is 0.793. The van der Waals surface area contributed by atoms with Gasteiger partial charge in [0, 0.05) is 10.3 Å². The first-order valence-electron chi connectivity index (χ1n) is 5.72. The molecule has 0 bridgehead atoms. The van der Waals surface area contributed by atoms with Gasteiger partial charge in [-0.15, -0.1) is 0 Å². The number of nitrogens with two attached hydrogens (primary N) is 1. The van der Waals surface area contributed by atoms with Crippen LogP contribution >= 0.6 is 11.9 Å². The largest absolute Gasteiger partial charge is 0.277 e. The minimum Gasteiger partial charge on any atom is -0.277 e. The summed E-state index contributed by atoms with van der Waals surface area (Å²) in [6.45, 7) is 5.82. The van der Waals surface area contributed by atoms with Gasteiger partial charge in [0.05, 0.1) is 0 Å². The first-order chi connectivity index (χ1) is 8.26. The third kappa shape index (κ3) is 3.92. The van der Waals surface area contributed by atoms with Crippen molar-refractivity contribution in [2.45, 2.75) is 44.3 Å². The maximum absolute atomic E-state index is 13.8. The van der Waals surface area contributed by atoms with Crippen LogP contribution in [0.3, 0.4) is 0 Å². The molecule has 0 fully saturated rings. The SMILES string of the molecule is CC(CC(C)(C)SN)c1ccc(C(F)F)cc1F. The Morgan fingerprint density at radius 1 is 1.33 bits per heavy atom. The molecule has 5 heteroatoms. The van der Waals surface area contributed by atoms with E-state index in [4.69, 9.17) is 5.14 Å². The van der Waals surface area contributed by atoms with Gasteiger partial charge in [-0.1, -0.05) is 31.0 Å². The zero-order chi connectivity index (χ0) is 13.9. The van der Waals surface area contributed by atoms with Crippen LogP contribution in [-0.4, -0.2) is 4.75 Å². The summed E-state index contributed by atoms with van der Waals surface area (Å²) in [4.78, 5) is 0. The average molecular weight is 277 g/mol. The molecular formula is C13H18F3NS. The van der Waals surface area contributed by atoms with E-state index in [1.165, 1.54) is 24.1 Å². The van der Waals surface area contributed by atoms with E-state index in [0.717, 1.165) is 6.07 Å². The van der Waals surface area contributed by atoms with Gasteiger partial charge in [-0.25, -0.2) is 13.2 Å². The lowest BCUT2D eigenvalue weighted by Crippen LogP contribution is -2.20. The fourth-order valence-electron chi connectivity index (χ4n) is 1.97. The van der Waals surface area contributed by atoms with Crippen LogP contribution in [0.15, 0.2) is 18.2 Å². The van der Waals surface area contributed by atoms with Crippen molar-refractivity contribution < 1.29 is 13.2 Å². The standard InChI is InChI=1S/C13H18F3NS/c1-8(7-13(2,3)18-17)10-5-4-9(12(15)16)6-11(10)14/h4-6,8,12H,7,17H2,1-3H3. The minimum atomic E-state index is -2.64. The van der Waals surface area contributed by atoms with Crippen molar-refractivity contribution in [1.82, 2.24) is 0 Å². The van der Waals surface area contributed by atoms with Gasteiger partial charge in [0.25, 0.3) is 6.43 Å². The van der Waals surface area contributed by atoms with Gasteiger partial charge < -0.3 is 0 Å². The van der Waals surface area contributed by atoms with Gasteiger partial charge >= 0.3 is 0 Å². The van der Waals surface area contributed by atoms with Gasteiger partial charge in [-0.05, 0) is 37.8 Å². The summed E-state index contributed by atoms with van der Waals surface area (Å²) in [5.74, 6) is -0.638. The number of alkyl halides is 2. The second-order valence-corrected chi connectivity index (χ2v) is 6.41. The molecule has 1 unspecified atom stereocenters. The van der Waals surface area contributed by atoms with E-state index in [1.54, 1.807) is 0 Å². The molecule has 0 radical (unpaired) electrons. The third-order valence-electron chi connectivity index (χ3n) is 2.92. The fraction of sp³-hybridized carbons (Fsp3) is 0.538. The molecule has 102 valence electrons. The van der Waals surface area contributed by atoms with Crippen LogP contribution in [0.1, 0.15) is 50.7 Å². The predicted molar refractivity (Wildman–Crippen MR) is 70.2 cm³/mol. The van der Waals surface area contributed by atoms with Gasteiger partial charge in [0.1, 0.15) is 5.82 Å². The summed E-state index contributed by atoms with van der Waals surface area (Å²) in [6, 6.07) is 3.64. The Morgan fingerprint density at radius 2 is 1.94 bits per heavy atom. The molecule has 18 heavy (non-hydrogen) atoms. The van der Waals surface area contributed by atoms with Crippen molar-refractivity contribution in [2.24, 2.45) is 5.14 Å². The lowest BCUT2D eigenvalue weighted by atomic mass is 9.90. The first-order valence-corrected chi connectivity index (χ1v) is 6.60. The van der Waals surface area contributed by atoms with Gasteiger partial charge in [0.15, 0.2) is 0 Å². The van der Waals surface area contributed by atoms with Gasteiger partial charge in [-0.2, -0.15) is 0 Å². The average Bonchev–Trinajstić information content (AvgIpc) is 2.28. The molecule has 0 aliphatic carbocycles. The Bertz CT molecular complexity index is 407. The van der Waals surface area contributed by atoms with E-state index in [1.807, 2.05) is 20.8 Å². The Balaban J connectivity index is 2.90. The summed E-state index contributed by atoms with van der Waals surface area (Å²) in [5.41, 5.74) is 0.178. The van der Waals surface area contributed by atoms with E-state index in [2.05, 4.69) is 0 Å². The number of hydrogen-bond acceptors (Lipinski definition) is 2. The second-order valence-electron chi connectivity index (χ2n) is 5.06. The second kappa shape index (κ2) is 5.97. The molecule has 0 heterocycles. The first kappa shape index (κ1) is 15.4. The van der Waals surface area contributed by atoms with E-state index in [0.29, 0.717) is 12.0 Å². The highest BCUT2D eigenvalue weighted by atomic mass is 32.2. The molecule has 1 nitrogen and oxygen atoms in total. The number of hydrogen-bond donors (Lipinski definition) is 1. The molecule has 0 spiro atoms. The Kier molecular flexibility index (Phi) is 5.10. The Morgan fingerprint density at radius 3 is 2.39 bits per heavy atom. The summed E-state index contributed by atoms with van der Waals surface area (Å²) >= 11 is 1.22. The van der Waals surface area contributed by atoms with Crippen LogP contribution in [0.2, 0.25) is 0 Å². The molecule has 0 saturated heterocycles. The number of rotatable bonds is 5. The highest BCUT2D eigenvalue weighted by Crippen LogP contribution is 2.34. The molecule has 1 rings (SSSR count). The number of halogens is 3. The van der Waals surface area contributed by atoms with Crippen molar-refractivity contribution in [2.75, 3.05) is 0 Å². The van der Waals surface area contributed by atoms with Crippen molar-refractivity contribution in [3.8, 4) is 0 Å². The third-order valence-corrected chi connectivity index (χ3v) is 3.73. The lowest BCUT2D eigenvalue weighted by molar-refractivity contribution is 0.151. The molecule has 2 N–H and O–H groups in total. The number of benzene rings is 1. The molecule has 0 aromatic heterocycles. The Labute approximate surface area is 110 Å². The maximum atomic E-state index is 13.8. The molecular weight excluding hydrogens is 259 g/mol. The van der Waals surface area contributed by atoms with Crippen molar-refractivity contribution >= 4 is 11.9 Å². The minimum absolute atomic E-state index is 0.0669. The molecule has 1 aromatic rings. The van der Waals surface area contributed by atoms with E-state index in [9.17, 15) is 13.2 Å². The van der Waals surface area contributed by atoms with Crippen LogP contribution in [0.25, 0.3) is 0 Å². The maximum Gasteiger partial charge on any atom is 0.263 e. The van der Waals surface area contributed by atoms with Gasteiger partial charge in [-0.3, -0.25) is 5.14 Å². The van der Waals surface area contributed by atoms with E-state index in [-0.39, 0.29) is 16.2 Å². The molecule has 0 amide bonds. The lowest BCUT2D eigenvalue weighted by Gasteiger charge is -2.25. The summed E-state index contributed by atoms with van der Waals surface area (Å²) in [5, 5.41) is 5.56. The van der Waals surface area contributed by atoms with Gasteiger partial charge in [0.2, 0.25) is 0 Å². The van der Waals surface area contributed by atoms with Crippen LogP contribution < -0.4 is 5.14 Å². The summed E-state index contributed by atoms with van der Waals surface area (Å²) in [6.07, 6.45) is -1.96. The highest BCUT2D eigenvalue weighted by Gasteiger charge is 2.23. The normalized spacial score (nSPS) is 14.0. The van der Waals surface area contributed by atoms with E-state index >= 15 is 0 Å². The Hall–Kier alpha value is -0.680. The van der Waals surface area contributed by atoms with Crippen molar-refractivity contribution in [3.05, 3.63) is 35.1 Å². The van der Waals surface area contributed by atoms with Crippen LogP contribution in [-0.2, 0) is 0 Å². The molecule has 0 aliphatic heterocycles. The van der Waals surface area contributed by atoms with Crippen molar-refractivity contribution in [3.63, 3.8) is 0 Å². The zero-order valence-electron chi connectivity index (χ0n) is 10.7.